The third-order valence-corrected chi connectivity index (χ3v) is 3.76. The number of likely N-dealkylation sites (tertiary alicyclic amines) is 1. The first-order chi connectivity index (χ1) is 8.39. The highest BCUT2D eigenvalue weighted by molar-refractivity contribution is 5.74. The maximum Gasteiger partial charge on any atom is 0.310 e. The Labute approximate surface area is 108 Å². The zero-order valence-corrected chi connectivity index (χ0v) is 11.4. The van der Waals surface area contributed by atoms with Crippen LogP contribution in [0.1, 0.15) is 30.0 Å². The molecule has 1 aliphatic rings. The second-order valence-corrected chi connectivity index (χ2v) is 5.82. The van der Waals surface area contributed by atoms with E-state index < -0.39 is 11.4 Å². The fraction of sp³-hybridized carbons (Fsp3) is 0.533. The Morgan fingerprint density at radius 2 is 1.94 bits per heavy atom. The fourth-order valence-electron chi connectivity index (χ4n) is 2.78. The molecule has 1 aromatic rings. The van der Waals surface area contributed by atoms with Crippen LogP contribution in [0.4, 0.5) is 0 Å². The summed E-state index contributed by atoms with van der Waals surface area (Å²) >= 11 is 0. The van der Waals surface area contributed by atoms with Crippen molar-refractivity contribution in [3.8, 4) is 0 Å². The maximum atomic E-state index is 11.2. The van der Waals surface area contributed by atoms with Crippen LogP contribution in [0.15, 0.2) is 18.2 Å². The molecule has 1 heterocycles. The average molecular weight is 247 g/mol. The van der Waals surface area contributed by atoms with Gasteiger partial charge in [0.1, 0.15) is 0 Å². The lowest BCUT2D eigenvalue weighted by Crippen LogP contribution is -2.31. The van der Waals surface area contributed by atoms with Gasteiger partial charge in [0.15, 0.2) is 0 Å². The van der Waals surface area contributed by atoms with Gasteiger partial charge in [-0.3, -0.25) is 9.69 Å². The van der Waals surface area contributed by atoms with Crippen molar-refractivity contribution in [3.05, 3.63) is 34.9 Å². The van der Waals surface area contributed by atoms with Crippen LogP contribution >= 0.6 is 0 Å². The molecule has 0 amide bonds. The van der Waals surface area contributed by atoms with E-state index in [1.807, 2.05) is 6.92 Å². The number of aryl methyl sites for hydroxylation is 2. The summed E-state index contributed by atoms with van der Waals surface area (Å²) < 4.78 is 0. The molecule has 18 heavy (non-hydrogen) atoms. The highest BCUT2D eigenvalue weighted by Gasteiger charge is 2.40. The van der Waals surface area contributed by atoms with Crippen LogP contribution in [0.5, 0.6) is 0 Å². The van der Waals surface area contributed by atoms with Crippen LogP contribution < -0.4 is 0 Å². The normalized spacial score (nSPS) is 24.4. The van der Waals surface area contributed by atoms with Gasteiger partial charge in [-0.05, 0) is 39.3 Å². The largest absolute Gasteiger partial charge is 0.481 e. The van der Waals surface area contributed by atoms with Crippen molar-refractivity contribution in [2.24, 2.45) is 5.41 Å². The van der Waals surface area contributed by atoms with E-state index >= 15 is 0 Å². The summed E-state index contributed by atoms with van der Waals surface area (Å²) in [7, 11) is 0. The summed E-state index contributed by atoms with van der Waals surface area (Å²) in [6, 6.07) is 6.53. The third-order valence-electron chi connectivity index (χ3n) is 3.76. The Bertz CT molecular complexity index is 449. The molecule has 1 unspecified atom stereocenters. The Kier molecular flexibility index (Phi) is 3.44. The van der Waals surface area contributed by atoms with Gasteiger partial charge < -0.3 is 5.11 Å². The van der Waals surface area contributed by atoms with Gasteiger partial charge in [0.25, 0.3) is 0 Å². The molecule has 0 bridgehead atoms. The van der Waals surface area contributed by atoms with Crippen LogP contribution in [-0.4, -0.2) is 29.1 Å². The van der Waals surface area contributed by atoms with E-state index in [4.69, 9.17) is 0 Å². The molecular weight excluding hydrogens is 226 g/mol. The second-order valence-electron chi connectivity index (χ2n) is 5.82. The number of aliphatic carboxylic acids is 1. The first-order valence-electron chi connectivity index (χ1n) is 6.42. The number of rotatable bonds is 3. The van der Waals surface area contributed by atoms with Gasteiger partial charge in [-0.15, -0.1) is 0 Å². The summed E-state index contributed by atoms with van der Waals surface area (Å²) in [6.45, 7) is 8.41. The van der Waals surface area contributed by atoms with Crippen LogP contribution in [0.3, 0.4) is 0 Å². The molecule has 0 radical (unpaired) electrons. The average Bonchev–Trinajstić information content (AvgIpc) is 2.60. The first kappa shape index (κ1) is 13.1. The molecule has 1 fully saturated rings. The van der Waals surface area contributed by atoms with E-state index in [-0.39, 0.29) is 0 Å². The molecule has 3 nitrogen and oxygen atoms in total. The smallest absolute Gasteiger partial charge is 0.310 e. The number of hydrogen-bond acceptors (Lipinski definition) is 2. The highest BCUT2D eigenvalue weighted by atomic mass is 16.4. The van der Waals surface area contributed by atoms with Crippen LogP contribution in [0, 0.1) is 19.3 Å². The minimum absolute atomic E-state index is 0.571. The molecule has 98 valence electrons. The number of hydrogen-bond donors (Lipinski definition) is 1. The molecule has 1 aromatic carbocycles. The summed E-state index contributed by atoms with van der Waals surface area (Å²) in [5.74, 6) is -0.676. The van der Waals surface area contributed by atoms with Crippen molar-refractivity contribution in [1.29, 1.82) is 0 Å². The standard InChI is InChI=1S/C15H21NO2/c1-11-6-12(2)8-13(7-11)9-16-5-4-15(3,10-16)14(17)18/h6-8H,4-5,9-10H2,1-3H3,(H,17,18). The molecule has 1 saturated heterocycles. The van der Waals surface area contributed by atoms with E-state index in [9.17, 15) is 9.90 Å². The molecule has 0 saturated carbocycles. The van der Waals surface area contributed by atoms with E-state index in [1.54, 1.807) is 0 Å². The number of nitrogens with zero attached hydrogens (tertiary/aromatic N) is 1. The first-order valence-corrected chi connectivity index (χ1v) is 6.42. The second kappa shape index (κ2) is 4.73. The Balaban J connectivity index is 2.06. The monoisotopic (exact) mass is 247 g/mol. The van der Waals surface area contributed by atoms with Crippen LogP contribution in [-0.2, 0) is 11.3 Å². The lowest BCUT2D eigenvalue weighted by Gasteiger charge is -2.20. The summed E-state index contributed by atoms with van der Waals surface area (Å²) in [5, 5.41) is 9.22. The third kappa shape index (κ3) is 2.72. The zero-order valence-electron chi connectivity index (χ0n) is 11.4. The minimum Gasteiger partial charge on any atom is -0.481 e. The number of carboxylic acid groups (broad SMARTS) is 1. The molecule has 0 spiro atoms. The molecule has 1 N–H and O–H groups in total. The molecule has 2 rings (SSSR count). The lowest BCUT2D eigenvalue weighted by molar-refractivity contribution is -0.147. The van der Waals surface area contributed by atoms with Gasteiger partial charge in [-0.1, -0.05) is 29.3 Å². The summed E-state index contributed by atoms with van der Waals surface area (Å²) in [6.07, 6.45) is 0.743. The molecule has 1 aliphatic heterocycles. The van der Waals surface area contributed by atoms with Crippen molar-refractivity contribution in [2.75, 3.05) is 13.1 Å². The number of carboxylic acids is 1. The molecular formula is C15H21NO2. The van der Waals surface area contributed by atoms with E-state index in [0.29, 0.717) is 6.54 Å². The van der Waals surface area contributed by atoms with Crippen molar-refractivity contribution in [3.63, 3.8) is 0 Å². The predicted molar refractivity (Wildman–Crippen MR) is 71.6 cm³/mol. The SMILES string of the molecule is Cc1cc(C)cc(CN2CCC(C)(C(=O)O)C2)c1. The lowest BCUT2D eigenvalue weighted by atomic mass is 9.90. The van der Waals surface area contributed by atoms with Gasteiger partial charge in [-0.2, -0.15) is 0 Å². The van der Waals surface area contributed by atoms with Crippen LogP contribution in [0.2, 0.25) is 0 Å². The van der Waals surface area contributed by atoms with Gasteiger partial charge in [0.2, 0.25) is 0 Å². The number of carbonyl (C=O) groups is 1. The molecule has 1 atom stereocenters. The predicted octanol–water partition coefficient (Wildman–Crippen LogP) is 2.60. The summed E-state index contributed by atoms with van der Waals surface area (Å²) in [5.41, 5.74) is 3.25. The Morgan fingerprint density at radius 3 is 2.44 bits per heavy atom. The van der Waals surface area contributed by atoms with Gasteiger partial charge >= 0.3 is 5.97 Å². The van der Waals surface area contributed by atoms with E-state index in [2.05, 4.69) is 36.9 Å². The van der Waals surface area contributed by atoms with Gasteiger partial charge in [0, 0.05) is 13.1 Å². The highest BCUT2D eigenvalue weighted by Crippen LogP contribution is 2.31. The molecule has 0 aliphatic carbocycles. The Morgan fingerprint density at radius 1 is 1.33 bits per heavy atom. The minimum atomic E-state index is -0.676. The van der Waals surface area contributed by atoms with Crippen LogP contribution in [0.25, 0.3) is 0 Å². The van der Waals surface area contributed by atoms with Crippen molar-refractivity contribution in [1.82, 2.24) is 4.90 Å². The van der Waals surface area contributed by atoms with E-state index in [0.717, 1.165) is 19.5 Å². The topological polar surface area (TPSA) is 40.5 Å². The maximum absolute atomic E-state index is 11.2. The molecule has 3 heteroatoms. The van der Waals surface area contributed by atoms with E-state index in [1.165, 1.54) is 16.7 Å². The Hall–Kier alpha value is -1.35. The van der Waals surface area contributed by atoms with Gasteiger partial charge in [0.05, 0.1) is 5.41 Å². The zero-order chi connectivity index (χ0) is 13.3. The van der Waals surface area contributed by atoms with Gasteiger partial charge in [-0.25, -0.2) is 0 Å². The van der Waals surface area contributed by atoms with Crippen molar-refractivity contribution >= 4 is 5.97 Å². The quantitative estimate of drug-likeness (QED) is 0.892. The summed E-state index contributed by atoms with van der Waals surface area (Å²) in [4.78, 5) is 13.4. The number of benzene rings is 1. The van der Waals surface area contributed by atoms with Crippen molar-refractivity contribution < 1.29 is 9.90 Å². The van der Waals surface area contributed by atoms with Crippen molar-refractivity contribution in [2.45, 2.75) is 33.7 Å². The fourth-order valence-corrected chi connectivity index (χ4v) is 2.78. The molecule has 0 aromatic heterocycles.